The highest BCUT2D eigenvalue weighted by atomic mass is 16.2. The van der Waals surface area contributed by atoms with Crippen molar-refractivity contribution in [1.29, 1.82) is 0 Å². The minimum absolute atomic E-state index is 0.0369. The van der Waals surface area contributed by atoms with Gasteiger partial charge in [-0.15, -0.1) is 0 Å². The number of benzene rings is 1. The molecule has 0 bridgehead atoms. The Morgan fingerprint density at radius 3 is 2.48 bits per heavy atom. The number of hydrogen-bond acceptors (Lipinski definition) is 2. The molecule has 0 unspecified atom stereocenters. The lowest BCUT2D eigenvalue weighted by Crippen LogP contribution is -2.43. The summed E-state index contributed by atoms with van der Waals surface area (Å²) >= 11 is 0. The van der Waals surface area contributed by atoms with Crippen molar-refractivity contribution in [3.63, 3.8) is 0 Å². The molecule has 1 aromatic rings. The smallest absolute Gasteiger partial charge is 0.239 e. The van der Waals surface area contributed by atoms with Crippen molar-refractivity contribution in [3.05, 3.63) is 35.9 Å². The number of carbonyl (C=O) groups excluding carboxylic acids is 2. The Labute approximate surface area is 126 Å². The van der Waals surface area contributed by atoms with E-state index in [2.05, 4.69) is 5.32 Å². The zero-order valence-corrected chi connectivity index (χ0v) is 12.7. The van der Waals surface area contributed by atoms with Crippen LogP contribution in [0.4, 0.5) is 0 Å². The van der Waals surface area contributed by atoms with Crippen LogP contribution >= 0.6 is 0 Å². The van der Waals surface area contributed by atoms with Crippen molar-refractivity contribution in [1.82, 2.24) is 10.2 Å². The highest BCUT2D eigenvalue weighted by molar-refractivity contribution is 5.83. The second-order valence-electron chi connectivity index (χ2n) is 5.73. The van der Waals surface area contributed by atoms with Gasteiger partial charge in [0.25, 0.3) is 0 Å². The number of hydrogen-bond donors (Lipinski definition) is 1. The molecule has 4 nitrogen and oxygen atoms in total. The summed E-state index contributed by atoms with van der Waals surface area (Å²) in [5, 5.41) is 3.03. The van der Waals surface area contributed by atoms with E-state index in [9.17, 15) is 9.59 Å². The Morgan fingerprint density at radius 2 is 1.86 bits per heavy atom. The topological polar surface area (TPSA) is 49.4 Å². The summed E-state index contributed by atoms with van der Waals surface area (Å²) < 4.78 is 0. The normalized spacial score (nSPS) is 14.9. The van der Waals surface area contributed by atoms with Crippen molar-refractivity contribution in [2.45, 2.75) is 45.1 Å². The highest BCUT2D eigenvalue weighted by Crippen LogP contribution is 2.17. The molecule has 0 saturated heterocycles. The number of amides is 2. The molecule has 114 valence electrons. The van der Waals surface area contributed by atoms with E-state index in [0.717, 1.165) is 19.3 Å². The van der Waals surface area contributed by atoms with Crippen LogP contribution in [0.1, 0.15) is 38.2 Å². The lowest BCUT2D eigenvalue weighted by Gasteiger charge is -2.22. The first kappa shape index (κ1) is 15.5. The van der Waals surface area contributed by atoms with E-state index in [1.165, 1.54) is 25.3 Å². The molecule has 0 radical (unpaired) electrons. The molecule has 0 aromatic heterocycles. The van der Waals surface area contributed by atoms with Gasteiger partial charge in [0, 0.05) is 19.5 Å². The standard InChI is InChI=1S/C17H24N2O2/c1-14(20)19(12-11-15-7-3-2-4-8-15)13-17(21)18-16-9-5-6-10-16/h2-4,7-8,16H,5-6,9-13H2,1H3,(H,18,21). The fraction of sp³-hybridized carbons (Fsp3) is 0.529. The quantitative estimate of drug-likeness (QED) is 0.872. The Morgan fingerprint density at radius 1 is 1.19 bits per heavy atom. The Hall–Kier alpha value is -1.84. The fourth-order valence-corrected chi connectivity index (χ4v) is 2.77. The number of nitrogens with one attached hydrogen (secondary N) is 1. The van der Waals surface area contributed by atoms with Gasteiger partial charge in [-0.25, -0.2) is 0 Å². The molecule has 1 N–H and O–H groups in total. The van der Waals surface area contributed by atoms with Gasteiger partial charge < -0.3 is 10.2 Å². The zero-order valence-electron chi connectivity index (χ0n) is 12.7. The van der Waals surface area contributed by atoms with Crippen LogP contribution < -0.4 is 5.32 Å². The van der Waals surface area contributed by atoms with E-state index in [0.29, 0.717) is 12.6 Å². The van der Waals surface area contributed by atoms with E-state index in [1.807, 2.05) is 30.3 Å². The molecular formula is C17H24N2O2. The Bertz CT molecular complexity index is 467. The number of carbonyl (C=O) groups is 2. The first-order chi connectivity index (χ1) is 10.1. The van der Waals surface area contributed by atoms with Gasteiger partial charge in [0.15, 0.2) is 0 Å². The molecule has 1 fully saturated rings. The van der Waals surface area contributed by atoms with E-state index in [-0.39, 0.29) is 18.4 Å². The van der Waals surface area contributed by atoms with Gasteiger partial charge in [-0.2, -0.15) is 0 Å². The van der Waals surface area contributed by atoms with Crippen molar-refractivity contribution >= 4 is 11.8 Å². The molecule has 1 saturated carbocycles. The minimum Gasteiger partial charge on any atom is -0.352 e. The van der Waals surface area contributed by atoms with E-state index >= 15 is 0 Å². The summed E-state index contributed by atoms with van der Waals surface area (Å²) in [7, 11) is 0. The molecule has 1 aliphatic rings. The maximum absolute atomic E-state index is 12.0. The fourth-order valence-electron chi connectivity index (χ4n) is 2.77. The van der Waals surface area contributed by atoms with Crippen LogP contribution in [-0.4, -0.2) is 35.8 Å². The van der Waals surface area contributed by atoms with Crippen LogP contribution in [0.5, 0.6) is 0 Å². The third-order valence-electron chi connectivity index (χ3n) is 4.01. The maximum Gasteiger partial charge on any atom is 0.239 e. The Kier molecular flexibility index (Phi) is 5.78. The Balaban J connectivity index is 1.81. The largest absolute Gasteiger partial charge is 0.352 e. The van der Waals surface area contributed by atoms with Crippen LogP contribution in [-0.2, 0) is 16.0 Å². The van der Waals surface area contributed by atoms with E-state index in [4.69, 9.17) is 0 Å². The molecule has 0 heterocycles. The summed E-state index contributed by atoms with van der Waals surface area (Å²) in [6.07, 6.45) is 5.29. The van der Waals surface area contributed by atoms with Crippen molar-refractivity contribution in [2.24, 2.45) is 0 Å². The molecule has 2 amide bonds. The summed E-state index contributed by atoms with van der Waals surface area (Å²) in [6.45, 7) is 2.27. The monoisotopic (exact) mass is 288 g/mol. The first-order valence-electron chi connectivity index (χ1n) is 7.74. The van der Waals surface area contributed by atoms with Gasteiger partial charge in [-0.1, -0.05) is 43.2 Å². The lowest BCUT2D eigenvalue weighted by molar-refractivity contribution is -0.134. The predicted octanol–water partition coefficient (Wildman–Crippen LogP) is 2.14. The highest BCUT2D eigenvalue weighted by Gasteiger charge is 2.19. The average Bonchev–Trinajstić information content (AvgIpc) is 2.97. The second kappa shape index (κ2) is 7.81. The van der Waals surface area contributed by atoms with E-state index < -0.39 is 0 Å². The molecule has 0 aliphatic heterocycles. The second-order valence-corrected chi connectivity index (χ2v) is 5.73. The SMILES string of the molecule is CC(=O)N(CCc1ccccc1)CC(=O)NC1CCCC1. The van der Waals surface area contributed by atoms with Crippen LogP contribution in [0.3, 0.4) is 0 Å². The van der Waals surface area contributed by atoms with Crippen molar-refractivity contribution in [3.8, 4) is 0 Å². The third kappa shape index (κ3) is 5.21. The van der Waals surface area contributed by atoms with E-state index in [1.54, 1.807) is 4.90 Å². The molecular weight excluding hydrogens is 264 g/mol. The zero-order chi connectivity index (χ0) is 15.1. The van der Waals surface area contributed by atoms with Gasteiger partial charge >= 0.3 is 0 Å². The van der Waals surface area contributed by atoms with Crippen LogP contribution in [0.2, 0.25) is 0 Å². The van der Waals surface area contributed by atoms with Crippen molar-refractivity contribution in [2.75, 3.05) is 13.1 Å². The molecule has 1 aliphatic carbocycles. The van der Waals surface area contributed by atoms with Gasteiger partial charge in [-0.3, -0.25) is 9.59 Å². The molecule has 4 heteroatoms. The predicted molar refractivity (Wildman–Crippen MR) is 82.8 cm³/mol. The number of nitrogens with zero attached hydrogens (tertiary/aromatic N) is 1. The lowest BCUT2D eigenvalue weighted by atomic mass is 10.1. The maximum atomic E-state index is 12.0. The first-order valence-corrected chi connectivity index (χ1v) is 7.74. The summed E-state index contributed by atoms with van der Waals surface area (Å²) in [5.41, 5.74) is 1.18. The van der Waals surface area contributed by atoms with Gasteiger partial charge in [0.2, 0.25) is 11.8 Å². The molecule has 0 atom stereocenters. The summed E-state index contributed by atoms with van der Waals surface area (Å²) in [6, 6.07) is 10.3. The van der Waals surface area contributed by atoms with Crippen LogP contribution in [0.25, 0.3) is 0 Å². The summed E-state index contributed by atoms with van der Waals surface area (Å²) in [5.74, 6) is -0.0855. The molecule has 1 aromatic carbocycles. The van der Waals surface area contributed by atoms with Gasteiger partial charge in [-0.05, 0) is 24.8 Å². The van der Waals surface area contributed by atoms with Crippen LogP contribution in [0, 0.1) is 0 Å². The molecule has 21 heavy (non-hydrogen) atoms. The summed E-state index contributed by atoms with van der Waals surface area (Å²) in [4.78, 5) is 25.3. The molecule has 2 rings (SSSR count). The average molecular weight is 288 g/mol. The third-order valence-corrected chi connectivity index (χ3v) is 4.01. The van der Waals surface area contributed by atoms with Gasteiger partial charge in [0.1, 0.15) is 0 Å². The van der Waals surface area contributed by atoms with Gasteiger partial charge in [0.05, 0.1) is 6.54 Å². The van der Waals surface area contributed by atoms with Crippen molar-refractivity contribution < 1.29 is 9.59 Å². The van der Waals surface area contributed by atoms with Crippen LogP contribution in [0.15, 0.2) is 30.3 Å². The minimum atomic E-state index is -0.0486. The number of rotatable bonds is 6. The molecule has 0 spiro atoms.